The van der Waals surface area contributed by atoms with Crippen LogP contribution in [0.3, 0.4) is 0 Å². The lowest BCUT2D eigenvalue weighted by Gasteiger charge is -2.22. The molecule has 0 amide bonds. The van der Waals surface area contributed by atoms with Gasteiger partial charge in [-0.2, -0.15) is 0 Å². The average molecular weight is 288 g/mol. The maximum absolute atomic E-state index is 13.0. The first-order valence-electron chi connectivity index (χ1n) is 7.58. The Balaban J connectivity index is 1.74. The molecule has 0 radical (unpaired) electrons. The molecule has 0 unspecified atom stereocenters. The molecule has 21 heavy (non-hydrogen) atoms. The molecule has 1 aromatic carbocycles. The molecule has 1 aliphatic heterocycles. The Bertz CT molecular complexity index is 591. The fourth-order valence-electron chi connectivity index (χ4n) is 2.91. The zero-order valence-corrected chi connectivity index (χ0v) is 12.6. The van der Waals surface area contributed by atoms with Gasteiger partial charge in [-0.25, -0.2) is 4.39 Å². The molecule has 2 heterocycles. The van der Waals surface area contributed by atoms with Gasteiger partial charge in [0.1, 0.15) is 17.3 Å². The fourth-order valence-corrected chi connectivity index (χ4v) is 2.91. The molecule has 0 aliphatic carbocycles. The summed E-state index contributed by atoms with van der Waals surface area (Å²) in [5.41, 5.74) is 2.16. The van der Waals surface area contributed by atoms with Crippen LogP contribution in [0.15, 0.2) is 34.9 Å². The Hall–Kier alpha value is -1.68. The number of hydrogen-bond acceptors (Lipinski definition) is 3. The smallest absolute Gasteiger partial charge is 0.139 e. The number of benzene rings is 1. The summed E-state index contributed by atoms with van der Waals surface area (Å²) in [5.74, 6) is 1.12. The van der Waals surface area contributed by atoms with Crippen LogP contribution in [0.1, 0.15) is 55.7 Å². The summed E-state index contributed by atoms with van der Waals surface area (Å²) in [7, 11) is 0. The summed E-state index contributed by atoms with van der Waals surface area (Å²) in [5, 5.41) is 4.25. The van der Waals surface area contributed by atoms with Gasteiger partial charge in [-0.15, -0.1) is 0 Å². The summed E-state index contributed by atoms with van der Waals surface area (Å²) in [6.07, 6.45) is 2.26. The molecule has 3 rings (SSSR count). The monoisotopic (exact) mass is 288 g/mol. The summed E-state index contributed by atoms with van der Waals surface area (Å²) < 4.78 is 18.4. The van der Waals surface area contributed by atoms with E-state index in [2.05, 4.69) is 30.0 Å². The van der Waals surface area contributed by atoms with Crippen molar-refractivity contribution in [3.8, 4) is 0 Å². The van der Waals surface area contributed by atoms with Gasteiger partial charge < -0.3 is 4.52 Å². The molecule has 1 atom stereocenters. The van der Waals surface area contributed by atoms with Crippen molar-refractivity contribution < 1.29 is 8.91 Å². The zero-order chi connectivity index (χ0) is 14.8. The molecule has 1 fully saturated rings. The van der Waals surface area contributed by atoms with E-state index in [0.29, 0.717) is 12.0 Å². The van der Waals surface area contributed by atoms with Crippen molar-refractivity contribution in [1.29, 1.82) is 0 Å². The molecule has 0 spiro atoms. The second-order valence-corrected chi connectivity index (χ2v) is 6.06. The summed E-state index contributed by atoms with van der Waals surface area (Å²) in [6, 6.07) is 9.14. The van der Waals surface area contributed by atoms with Crippen molar-refractivity contribution in [2.75, 3.05) is 6.54 Å². The Kier molecular flexibility index (Phi) is 4.06. The molecule has 0 N–H and O–H groups in total. The SMILES string of the molecule is CC(C)c1cc([C@@H]2CCCN2Cc2ccc(F)cc2)no1. The maximum atomic E-state index is 13.0. The van der Waals surface area contributed by atoms with Gasteiger partial charge in [0.15, 0.2) is 0 Å². The second kappa shape index (κ2) is 5.98. The number of halogens is 1. The van der Waals surface area contributed by atoms with E-state index in [9.17, 15) is 4.39 Å². The van der Waals surface area contributed by atoms with Crippen LogP contribution in [0.2, 0.25) is 0 Å². The highest BCUT2D eigenvalue weighted by Gasteiger charge is 2.28. The van der Waals surface area contributed by atoms with Crippen LogP contribution >= 0.6 is 0 Å². The Morgan fingerprint density at radius 3 is 2.76 bits per heavy atom. The molecular formula is C17H21FN2O. The number of likely N-dealkylation sites (tertiary alicyclic amines) is 1. The molecule has 3 nitrogen and oxygen atoms in total. The third-order valence-corrected chi connectivity index (χ3v) is 4.12. The number of hydrogen-bond donors (Lipinski definition) is 0. The normalized spacial score (nSPS) is 19.5. The van der Waals surface area contributed by atoms with Crippen LogP contribution in [-0.4, -0.2) is 16.6 Å². The van der Waals surface area contributed by atoms with Crippen LogP contribution in [-0.2, 0) is 6.54 Å². The standard InChI is InChI=1S/C17H21FN2O/c1-12(2)17-10-15(19-21-17)16-4-3-9-20(16)11-13-5-7-14(18)8-6-13/h5-8,10,12,16H,3-4,9,11H2,1-2H3/t16-/m0/s1. The molecule has 0 bridgehead atoms. The highest BCUT2D eigenvalue weighted by Crippen LogP contribution is 2.33. The maximum Gasteiger partial charge on any atom is 0.139 e. The number of rotatable bonds is 4. The van der Waals surface area contributed by atoms with E-state index in [1.165, 1.54) is 12.1 Å². The predicted octanol–water partition coefficient (Wildman–Crippen LogP) is 4.27. The molecule has 1 aromatic heterocycles. The Morgan fingerprint density at radius 1 is 1.33 bits per heavy atom. The van der Waals surface area contributed by atoms with E-state index in [4.69, 9.17) is 4.52 Å². The van der Waals surface area contributed by atoms with Crippen molar-refractivity contribution in [3.63, 3.8) is 0 Å². The third kappa shape index (κ3) is 3.16. The molecular weight excluding hydrogens is 267 g/mol. The Morgan fingerprint density at radius 2 is 2.10 bits per heavy atom. The third-order valence-electron chi connectivity index (χ3n) is 4.12. The second-order valence-electron chi connectivity index (χ2n) is 6.06. The first kappa shape index (κ1) is 14.3. The van der Waals surface area contributed by atoms with E-state index in [1.807, 2.05) is 12.1 Å². The van der Waals surface area contributed by atoms with Gasteiger partial charge in [-0.05, 0) is 37.1 Å². The largest absolute Gasteiger partial charge is 0.361 e. The first-order valence-corrected chi connectivity index (χ1v) is 7.58. The van der Waals surface area contributed by atoms with Crippen molar-refractivity contribution in [2.45, 2.75) is 45.2 Å². The van der Waals surface area contributed by atoms with Gasteiger partial charge in [0.05, 0.1) is 6.04 Å². The summed E-state index contributed by atoms with van der Waals surface area (Å²) in [4.78, 5) is 2.40. The van der Waals surface area contributed by atoms with Crippen molar-refractivity contribution in [2.24, 2.45) is 0 Å². The minimum Gasteiger partial charge on any atom is -0.361 e. The molecule has 112 valence electrons. The van der Waals surface area contributed by atoms with Crippen LogP contribution in [0.25, 0.3) is 0 Å². The summed E-state index contributed by atoms with van der Waals surface area (Å²) in [6.45, 7) is 6.09. The lowest BCUT2D eigenvalue weighted by Crippen LogP contribution is -2.22. The number of nitrogens with zero attached hydrogens (tertiary/aromatic N) is 2. The fraction of sp³-hybridized carbons (Fsp3) is 0.471. The minimum absolute atomic E-state index is 0.185. The summed E-state index contributed by atoms with van der Waals surface area (Å²) >= 11 is 0. The molecule has 1 aliphatic rings. The molecule has 0 saturated carbocycles. The van der Waals surface area contributed by atoms with Gasteiger partial charge in [-0.3, -0.25) is 4.90 Å². The van der Waals surface area contributed by atoms with Crippen LogP contribution in [0, 0.1) is 5.82 Å². The van der Waals surface area contributed by atoms with Gasteiger partial charge in [0.2, 0.25) is 0 Å². The van der Waals surface area contributed by atoms with E-state index in [1.54, 1.807) is 0 Å². The van der Waals surface area contributed by atoms with E-state index < -0.39 is 0 Å². The number of aromatic nitrogens is 1. The van der Waals surface area contributed by atoms with Gasteiger partial charge in [-0.1, -0.05) is 31.1 Å². The topological polar surface area (TPSA) is 29.3 Å². The van der Waals surface area contributed by atoms with E-state index >= 15 is 0 Å². The highest BCUT2D eigenvalue weighted by atomic mass is 19.1. The van der Waals surface area contributed by atoms with Crippen molar-refractivity contribution in [3.05, 3.63) is 53.2 Å². The minimum atomic E-state index is -0.185. The van der Waals surface area contributed by atoms with Crippen LogP contribution in [0.4, 0.5) is 4.39 Å². The average Bonchev–Trinajstić information content (AvgIpc) is 3.09. The van der Waals surface area contributed by atoms with E-state index in [0.717, 1.165) is 42.9 Å². The molecule has 2 aromatic rings. The molecule has 1 saturated heterocycles. The lowest BCUT2D eigenvalue weighted by atomic mass is 10.1. The highest BCUT2D eigenvalue weighted by molar-refractivity contribution is 5.18. The van der Waals surface area contributed by atoms with Gasteiger partial charge >= 0.3 is 0 Å². The quantitative estimate of drug-likeness (QED) is 0.841. The van der Waals surface area contributed by atoms with Crippen molar-refractivity contribution in [1.82, 2.24) is 10.1 Å². The molecule has 4 heteroatoms. The van der Waals surface area contributed by atoms with Gasteiger partial charge in [0.25, 0.3) is 0 Å². The van der Waals surface area contributed by atoms with Crippen molar-refractivity contribution >= 4 is 0 Å². The van der Waals surface area contributed by atoms with Crippen LogP contribution in [0.5, 0.6) is 0 Å². The van der Waals surface area contributed by atoms with Gasteiger partial charge in [0, 0.05) is 18.5 Å². The van der Waals surface area contributed by atoms with E-state index in [-0.39, 0.29) is 5.82 Å². The first-order chi connectivity index (χ1) is 10.1. The van der Waals surface area contributed by atoms with Crippen LogP contribution < -0.4 is 0 Å². The lowest BCUT2D eigenvalue weighted by molar-refractivity contribution is 0.236. The Labute approximate surface area is 124 Å². The zero-order valence-electron chi connectivity index (χ0n) is 12.6. The predicted molar refractivity (Wildman–Crippen MR) is 79.4 cm³/mol.